The molecule has 0 aromatic rings. The fourth-order valence-electron chi connectivity index (χ4n) is 3.67. The number of carbonyl (C=O) groups is 4. The smallest absolute Gasteiger partial charge is 0.336 e. The van der Waals surface area contributed by atoms with Gasteiger partial charge in [-0.15, -0.1) is 0 Å². The summed E-state index contributed by atoms with van der Waals surface area (Å²) in [5, 5.41) is 28.0. The second kappa shape index (κ2) is 17.5. The highest BCUT2D eigenvalue weighted by Crippen LogP contribution is 2.20. The van der Waals surface area contributed by atoms with Crippen LogP contribution in [0, 0.1) is 5.92 Å². The predicted molar refractivity (Wildman–Crippen MR) is 125 cm³/mol. The van der Waals surface area contributed by atoms with E-state index in [1.54, 1.807) is 0 Å². The lowest BCUT2D eigenvalue weighted by atomic mass is 9.95. The standard InChI is InChI=1S/C25H44O8/c1-4-5-11-15-20(26)21(16-13-10-8-6-7-9-12-14-19(2)3)33-23(29)18-25(32,24(30)31)17-22(27)28/h19,21,32H,4-18H2,1-3H3,(H,27,28)(H,30,31). The molecule has 0 aliphatic carbocycles. The second-order valence-corrected chi connectivity index (χ2v) is 9.43. The molecule has 0 rings (SSSR count). The second-order valence-electron chi connectivity index (χ2n) is 9.43. The molecule has 0 aliphatic heterocycles. The van der Waals surface area contributed by atoms with Crippen LogP contribution in [0.4, 0.5) is 0 Å². The zero-order valence-electron chi connectivity index (χ0n) is 20.6. The van der Waals surface area contributed by atoms with Crippen LogP contribution < -0.4 is 0 Å². The Kier molecular flexibility index (Phi) is 16.5. The number of carboxylic acids is 2. The molecule has 192 valence electrons. The van der Waals surface area contributed by atoms with E-state index < -0.39 is 42.5 Å². The van der Waals surface area contributed by atoms with Crippen LogP contribution in [0.1, 0.15) is 117 Å². The van der Waals surface area contributed by atoms with Crippen molar-refractivity contribution in [3.8, 4) is 0 Å². The Hall–Kier alpha value is -1.96. The lowest BCUT2D eigenvalue weighted by Crippen LogP contribution is -2.44. The Morgan fingerprint density at radius 1 is 0.788 bits per heavy atom. The minimum Gasteiger partial charge on any atom is -0.481 e. The molecule has 33 heavy (non-hydrogen) atoms. The Bertz CT molecular complexity index is 601. The molecule has 8 heteroatoms. The van der Waals surface area contributed by atoms with E-state index in [1.165, 1.54) is 25.7 Å². The van der Waals surface area contributed by atoms with Gasteiger partial charge in [0.1, 0.15) is 0 Å². The van der Waals surface area contributed by atoms with Crippen molar-refractivity contribution in [1.29, 1.82) is 0 Å². The van der Waals surface area contributed by atoms with Crippen molar-refractivity contribution in [1.82, 2.24) is 0 Å². The lowest BCUT2D eigenvalue weighted by molar-refractivity contribution is -0.174. The molecule has 0 spiro atoms. The van der Waals surface area contributed by atoms with Crippen molar-refractivity contribution in [2.75, 3.05) is 0 Å². The molecule has 0 aliphatic rings. The normalized spacial score (nSPS) is 14.0. The number of esters is 1. The number of hydrogen-bond acceptors (Lipinski definition) is 6. The number of carboxylic acid groups (broad SMARTS) is 2. The summed E-state index contributed by atoms with van der Waals surface area (Å²) in [4.78, 5) is 47.0. The molecule has 0 bridgehead atoms. The fourth-order valence-corrected chi connectivity index (χ4v) is 3.67. The number of carbonyl (C=O) groups excluding carboxylic acids is 2. The van der Waals surface area contributed by atoms with Gasteiger partial charge in [0, 0.05) is 6.42 Å². The van der Waals surface area contributed by atoms with Gasteiger partial charge in [-0.05, 0) is 25.2 Å². The van der Waals surface area contributed by atoms with E-state index in [0.29, 0.717) is 19.3 Å². The van der Waals surface area contributed by atoms with Crippen LogP contribution >= 0.6 is 0 Å². The largest absolute Gasteiger partial charge is 0.481 e. The molecule has 3 N–H and O–H groups in total. The van der Waals surface area contributed by atoms with E-state index in [2.05, 4.69) is 13.8 Å². The molecule has 0 aromatic heterocycles. The van der Waals surface area contributed by atoms with Gasteiger partial charge >= 0.3 is 17.9 Å². The number of aliphatic carboxylic acids is 2. The first-order valence-electron chi connectivity index (χ1n) is 12.4. The van der Waals surface area contributed by atoms with E-state index in [9.17, 15) is 24.3 Å². The maximum Gasteiger partial charge on any atom is 0.336 e. The van der Waals surface area contributed by atoms with E-state index >= 15 is 0 Å². The SMILES string of the molecule is CCCCCC(=O)C(CCCCCCCCCC(C)C)OC(=O)CC(O)(CC(=O)O)C(=O)O. The highest BCUT2D eigenvalue weighted by molar-refractivity contribution is 5.90. The average Bonchev–Trinajstić information content (AvgIpc) is 2.70. The molecule has 2 atom stereocenters. The molecule has 2 unspecified atom stereocenters. The van der Waals surface area contributed by atoms with Crippen molar-refractivity contribution in [2.45, 2.75) is 129 Å². The van der Waals surface area contributed by atoms with Gasteiger partial charge in [-0.25, -0.2) is 4.79 Å². The first-order chi connectivity index (χ1) is 15.5. The van der Waals surface area contributed by atoms with Gasteiger partial charge in [0.25, 0.3) is 0 Å². The number of unbranched alkanes of at least 4 members (excludes halogenated alkanes) is 8. The fraction of sp³-hybridized carbons (Fsp3) is 0.840. The van der Waals surface area contributed by atoms with Crippen LogP contribution in [-0.2, 0) is 23.9 Å². The third-order valence-corrected chi connectivity index (χ3v) is 5.69. The minimum atomic E-state index is -2.77. The first-order valence-corrected chi connectivity index (χ1v) is 12.4. The van der Waals surface area contributed by atoms with E-state index in [1.807, 2.05) is 6.92 Å². The number of aliphatic hydroxyl groups is 1. The number of ketones is 1. The highest BCUT2D eigenvalue weighted by atomic mass is 16.5. The van der Waals surface area contributed by atoms with Gasteiger partial charge in [-0.1, -0.05) is 78.6 Å². The summed E-state index contributed by atoms with van der Waals surface area (Å²) in [6, 6.07) is 0. The minimum absolute atomic E-state index is 0.220. The Labute approximate surface area is 198 Å². The van der Waals surface area contributed by atoms with Crippen LogP contribution in [-0.4, -0.2) is 50.7 Å². The van der Waals surface area contributed by atoms with Gasteiger partial charge in [0.05, 0.1) is 12.8 Å². The van der Waals surface area contributed by atoms with Gasteiger partial charge < -0.3 is 20.1 Å². The van der Waals surface area contributed by atoms with Crippen molar-refractivity contribution in [3.63, 3.8) is 0 Å². The lowest BCUT2D eigenvalue weighted by Gasteiger charge is -2.22. The summed E-state index contributed by atoms with van der Waals surface area (Å²) in [5.41, 5.74) is -2.77. The van der Waals surface area contributed by atoms with E-state index in [-0.39, 0.29) is 12.2 Å². The van der Waals surface area contributed by atoms with Gasteiger partial charge in [0.15, 0.2) is 17.5 Å². The molecular formula is C25H44O8. The third kappa shape index (κ3) is 15.5. The van der Waals surface area contributed by atoms with Crippen molar-refractivity contribution >= 4 is 23.7 Å². The predicted octanol–water partition coefficient (Wildman–Crippen LogP) is 4.90. The Morgan fingerprint density at radius 2 is 1.33 bits per heavy atom. The van der Waals surface area contributed by atoms with Crippen LogP contribution in [0.5, 0.6) is 0 Å². The van der Waals surface area contributed by atoms with Crippen molar-refractivity contribution in [2.24, 2.45) is 5.92 Å². The number of hydrogen-bond donors (Lipinski definition) is 3. The zero-order valence-corrected chi connectivity index (χ0v) is 20.6. The first kappa shape index (κ1) is 31.0. The van der Waals surface area contributed by atoms with Crippen LogP contribution in [0.25, 0.3) is 0 Å². The molecular weight excluding hydrogens is 428 g/mol. The summed E-state index contributed by atoms with van der Waals surface area (Å²) in [6.45, 7) is 6.46. The van der Waals surface area contributed by atoms with Crippen LogP contribution in [0.2, 0.25) is 0 Å². The number of Topliss-reactive ketones (excluding diaryl/α,β-unsaturated/α-hetero) is 1. The molecule has 0 saturated heterocycles. The van der Waals surface area contributed by atoms with Gasteiger partial charge in [-0.2, -0.15) is 0 Å². The van der Waals surface area contributed by atoms with E-state index in [4.69, 9.17) is 14.9 Å². The summed E-state index contributed by atoms with van der Waals surface area (Å²) >= 11 is 0. The van der Waals surface area contributed by atoms with Crippen LogP contribution in [0.15, 0.2) is 0 Å². The Balaban J connectivity index is 4.68. The summed E-state index contributed by atoms with van der Waals surface area (Å²) in [5.74, 6) is -3.94. The molecule has 0 fully saturated rings. The molecule has 0 aromatic carbocycles. The average molecular weight is 473 g/mol. The summed E-state index contributed by atoms with van der Waals surface area (Å²) in [6.07, 6.45) is 8.58. The zero-order chi connectivity index (χ0) is 25.3. The van der Waals surface area contributed by atoms with Gasteiger partial charge in [0.2, 0.25) is 0 Å². The van der Waals surface area contributed by atoms with Crippen molar-refractivity contribution < 1.29 is 39.2 Å². The quantitative estimate of drug-likeness (QED) is 0.158. The molecule has 0 heterocycles. The maximum atomic E-state index is 12.6. The van der Waals surface area contributed by atoms with E-state index in [0.717, 1.165) is 38.0 Å². The molecule has 8 nitrogen and oxygen atoms in total. The molecule has 0 saturated carbocycles. The van der Waals surface area contributed by atoms with Crippen molar-refractivity contribution in [3.05, 3.63) is 0 Å². The Morgan fingerprint density at radius 3 is 1.82 bits per heavy atom. The molecule has 0 radical (unpaired) electrons. The topological polar surface area (TPSA) is 138 Å². The monoisotopic (exact) mass is 472 g/mol. The van der Waals surface area contributed by atoms with Crippen LogP contribution in [0.3, 0.4) is 0 Å². The van der Waals surface area contributed by atoms with Gasteiger partial charge in [-0.3, -0.25) is 14.4 Å². The highest BCUT2D eigenvalue weighted by Gasteiger charge is 2.42. The maximum absolute atomic E-state index is 12.6. The number of ether oxygens (including phenoxy) is 1. The molecule has 0 amide bonds. The number of rotatable bonds is 21. The third-order valence-electron chi connectivity index (χ3n) is 5.69. The summed E-state index contributed by atoms with van der Waals surface area (Å²) < 4.78 is 5.25. The summed E-state index contributed by atoms with van der Waals surface area (Å²) in [7, 11) is 0.